The van der Waals surface area contributed by atoms with Crippen LogP contribution in [-0.2, 0) is 4.79 Å². The lowest BCUT2D eigenvalue weighted by Crippen LogP contribution is -2.09. The van der Waals surface area contributed by atoms with Crippen molar-refractivity contribution in [1.29, 1.82) is 0 Å². The first-order chi connectivity index (χ1) is 14.4. The zero-order valence-electron chi connectivity index (χ0n) is 15.6. The van der Waals surface area contributed by atoms with Gasteiger partial charge in [-0.1, -0.05) is 41.9 Å². The standard InChI is InChI=1S/C23H17ClI2O3S/c24-21-13-19(7-8-22(21)29-14-23(27)28)30-10-9-20(15-3-1-5-17(25)11-15)16-4-2-6-18(26)12-16/h1-9,11-13H,10,14H2,(H,27,28). The summed E-state index contributed by atoms with van der Waals surface area (Å²) in [4.78, 5) is 11.6. The Bertz CT molecular complexity index is 1040. The first kappa shape index (κ1) is 23.4. The molecule has 7 heteroatoms. The minimum absolute atomic E-state index is 0.373. The highest BCUT2D eigenvalue weighted by molar-refractivity contribution is 14.1. The molecular weight excluding hydrogens is 646 g/mol. The molecule has 0 amide bonds. The quantitative estimate of drug-likeness (QED) is 0.204. The molecule has 0 saturated heterocycles. The van der Waals surface area contributed by atoms with E-state index < -0.39 is 12.6 Å². The zero-order chi connectivity index (χ0) is 21.5. The van der Waals surface area contributed by atoms with Crippen LogP contribution in [-0.4, -0.2) is 23.4 Å². The molecule has 3 nitrogen and oxygen atoms in total. The third-order valence-electron chi connectivity index (χ3n) is 4.06. The Kier molecular flexibility index (Phi) is 8.91. The molecule has 1 N–H and O–H groups in total. The van der Waals surface area contributed by atoms with Crippen molar-refractivity contribution in [3.05, 3.63) is 96.1 Å². The third kappa shape index (κ3) is 6.90. The Labute approximate surface area is 212 Å². The van der Waals surface area contributed by atoms with E-state index >= 15 is 0 Å². The Hall–Kier alpha value is -1.23. The lowest BCUT2D eigenvalue weighted by Gasteiger charge is -2.11. The molecule has 0 unspecified atom stereocenters. The van der Waals surface area contributed by atoms with Gasteiger partial charge in [0.2, 0.25) is 0 Å². The average molecular weight is 663 g/mol. The van der Waals surface area contributed by atoms with Gasteiger partial charge in [0.1, 0.15) is 5.75 Å². The van der Waals surface area contributed by atoms with Crippen molar-refractivity contribution in [1.82, 2.24) is 0 Å². The molecule has 3 rings (SSSR count). The van der Waals surface area contributed by atoms with Crippen molar-refractivity contribution in [3.8, 4) is 5.75 Å². The van der Waals surface area contributed by atoms with E-state index in [4.69, 9.17) is 21.4 Å². The van der Waals surface area contributed by atoms with E-state index in [1.54, 1.807) is 23.9 Å². The van der Waals surface area contributed by atoms with Gasteiger partial charge in [0.25, 0.3) is 0 Å². The van der Waals surface area contributed by atoms with Gasteiger partial charge in [0.05, 0.1) is 5.02 Å². The number of halogens is 3. The van der Waals surface area contributed by atoms with Gasteiger partial charge >= 0.3 is 5.97 Å². The lowest BCUT2D eigenvalue weighted by molar-refractivity contribution is -0.139. The number of carboxylic acids is 1. The van der Waals surface area contributed by atoms with Crippen LogP contribution in [0.4, 0.5) is 0 Å². The first-order valence-corrected chi connectivity index (χ1v) is 12.4. The van der Waals surface area contributed by atoms with Gasteiger partial charge in [-0.3, -0.25) is 0 Å². The molecule has 3 aromatic carbocycles. The summed E-state index contributed by atoms with van der Waals surface area (Å²) < 4.78 is 7.57. The molecular formula is C23H17ClI2O3S. The molecule has 0 aliphatic carbocycles. The Morgan fingerprint density at radius 1 is 1.00 bits per heavy atom. The number of carboxylic acid groups (broad SMARTS) is 1. The average Bonchev–Trinajstić information content (AvgIpc) is 2.70. The molecule has 0 spiro atoms. The molecule has 0 aromatic heterocycles. The van der Waals surface area contributed by atoms with Gasteiger partial charge < -0.3 is 9.84 Å². The van der Waals surface area contributed by atoms with Gasteiger partial charge in [-0.15, -0.1) is 11.8 Å². The summed E-state index contributed by atoms with van der Waals surface area (Å²) in [6, 6.07) is 22.3. The maximum Gasteiger partial charge on any atom is 0.341 e. The molecule has 30 heavy (non-hydrogen) atoms. The van der Waals surface area contributed by atoms with Crippen LogP contribution in [0, 0.1) is 7.14 Å². The topological polar surface area (TPSA) is 46.5 Å². The first-order valence-electron chi connectivity index (χ1n) is 8.91. The predicted octanol–water partition coefficient (Wildman–Crippen LogP) is 7.24. The van der Waals surface area contributed by atoms with Gasteiger partial charge in [0, 0.05) is 17.8 Å². The number of hydrogen-bond donors (Lipinski definition) is 1. The number of rotatable bonds is 8. The number of hydrogen-bond acceptors (Lipinski definition) is 3. The van der Waals surface area contributed by atoms with Crippen molar-refractivity contribution in [2.75, 3.05) is 12.4 Å². The van der Waals surface area contributed by atoms with E-state index in [0.29, 0.717) is 10.8 Å². The Balaban J connectivity index is 1.79. The van der Waals surface area contributed by atoms with Crippen molar-refractivity contribution in [2.24, 2.45) is 0 Å². The smallest absolute Gasteiger partial charge is 0.341 e. The Morgan fingerprint density at radius 2 is 1.63 bits per heavy atom. The minimum atomic E-state index is -1.03. The molecule has 3 aromatic rings. The van der Waals surface area contributed by atoms with Crippen LogP contribution in [0.2, 0.25) is 5.02 Å². The number of thioether (sulfide) groups is 1. The van der Waals surface area contributed by atoms with E-state index in [1.165, 1.54) is 23.8 Å². The van der Waals surface area contributed by atoms with E-state index in [-0.39, 0.29) is 0 Å². The molecule has 0 aliphatic heterocycles. The molecule has 0 fully saturated rings. The summed E-state index contributed by atoms with van der Waals surface area (Å²) in [5.41, 5.74) is 3.55. The van der Waals surface area contributed by atoms with E-state index in [2.05, 4.69) is 99.8 Å². The van der Waals surface area contributed by atoms with Crippen molar-refractivity contribution in [2.45, 2.75) is 4.90 Å². The van der Waals surface area contributed by atoms with Crippen LogP contribution in [0.15, 0.2) is 77.7 Å². The fourth-order valence-corrected chi connectivity index (χ4v) is 4.96. The van der Waals surface area contributed by atoms with Crippen LogP contribution in [0.3, 0.4) is 0 Å². The summed E-state index contributed by atoms with van der Waals surface area (Å²) in [6.07, 6.45) is 2.23. The molecule has 0 aliphatic rings. The molecule has 0 heterocycles. The zero-order valence-corrected chi connectivity index (χ0v) is 21.5. The highest BCUT2D eigenvalue weighted by atomic mass is 127. The maximum absolute atomic E-state index is 10.7. The van der Waals surface area contributed by atoms with Crippen molar-refractivity contribution in [3.63, 3.8) is 0 Å². The van der Waals surface area contributed by atoms with E-state index in [9.17, 15) is 4.79 Å². The second-order valence-electron chi connectivity index (χ2n) is 6.22. The molecule has 0 atom stereocenters. The number of benzene rings is 3. The summed E-state index contributed by atoms with van der Waals surface area (Å²) in [7, 11) is 0. The SMILES string of the molecule is O=C(O)COc1ccc(SCC=C(c2cccc(I)c2)c2cccc(I)c2)cc1Cl. The number of aliphatic carboxylic acids is 1. The Morgan fingerprint density at radius 3 is 2.17 bits per heavy atom. The number of ether oxygens (including phenoxy) is 1. The van der Waals surface area contributed by atoms with E-state index in [0.717, 1.165) is 10.6 Å². The predicted molar refractivity (Wildman–Crippen MR) is 141 cm³/mol. The van der Waals surface area contributed by atoms with E-state index in [1.807, 2.05) is 6.07 Å². The number of carbonyl (C=O) groups is 1. The fraction of sp³-hybridized carbons (Fsp3) is 0.0870. The van der Waals surface area contributed by atoms with Gasteiger partial charge in [-0.2, -0.15) is 0 Å². The van der Waals surface area contributed by atoms with Crippen LogP contribution >= 0.6 is 68.5 Å². The minimum Gasteiger partial charge on any atom is -0.480 e. The molecule has 0 radical (unpaired) electrons. The third-order valence-corrected chi connectivity index (χ3v) is 6.62. The maximum atomic E-state index is 10.7. The van der Waals surface area contributed by atoms with Gasteiger partial charge in [0.15, 0.2) is 6.61 Å². The van der Waals surface area contributed by atoms with Crippen molar-refractivity contribution >= 4 is 80.1 Å². The van der Waals surface area contributed by atoms with Crippen LogP contribution < -0.4 is 4.74 Å². The van der Waals surface area contributed by atoms with Gasteiger partial charge in [-0.05, 0) is 104 Å². The van der Waals surface area contributed by atoms with Crippen LogP contribution in [0.1, 0.15) is 11.1 Å². The highest BCUT2D eigenvalue weighted by Gasteiger charge is 2.08. The molecule has 154 valence electrons. The monoisotopic (exact) mass is 662 g/mol. The summed E-state index contributed by atoms with van der Waals surface area (Å²) in [5, 5.41) is 9.13. The van der Waals surface area contributed by atoms with Crippen LogP contribution in [0.5, 0.6) is 5.75 Å². The fourth-order valence-electron chi connectivity index (χ4n) is 2.76. The highest BCUT2D eigenvalue weighted by Crippen LogP contribution is 2.32. The van der Waals surface area contributed by atoms with Gasteiger partial charge in [-0.25, -0.2) is 4.79 Å². The normalized spacial score (nSPS) is 10.5. The molecule has 0 saturated carbocycles. The summed E-state index contributed by atoms with van der Waals surface area (Å²) in [6.45, 7) is -0.413. The largest absolute Gasteiger partial charge is 0.480 e. The van der Waals surface area contributed by atoms with Crippen LogP contribution in [0.25, 0.3) is 5.57 Å². The summed E-state index contributed by atoms with van der Waals surface area (Å²) in [5.74, 6) is 0.100. The molecule has 0 bridgehead atoms. The van der Waals surface area contributed by atoms with Crippen molar-refractivity contribution < 1.29 is 14.6 Å². The second-order valence-corrected chi connectivity index (χ2v) is 10.2. The summed E-state index contributed by atoms with van der Waals surface area (Å²) >= 11 is 12.6. The second kappa shape index (κ2) is 11.4. The lowest BCUT2D eigenvalue weighted by atomic mass is 9.98.